The van der Waals surface area contributed by atoms with Crippen molar-refractivity contribution in [1.29, 1.82) is 0 Å². The number of hydrogen-bond acceptors (Lipinski definition) is 4. The van der Waals surface area contributed by atoms with Gasteiger partial charge in [0.2, 0.25) is 11.8 Å². The smallest absolute Gasteiger partial charge is 0.239 e. The second-order valence-electron chi connectivity index (χ2n) is 3.41. The molecule has 1 fully saturated rings. The van der Waals surface area contributed by atoms with Crippen molar-refractivity contribution in [3.8, 4) is 0 Å². The normalized spacial score (nSPS) is 20.2. The van der Waals surface area contributed by atoms with Crippen LogP contribution in [0.3, 0.4) is 0 Å². The molecule has 1 N–H and O–H groups in total. The molecule has 1 aliphatic heterocycles. The van der Waals surface area contributed by atoms with E-state index in [9.17, 15) is 9.59 Å². The molecule has 2 heterocycles. The topological polar surface area (TPSA) is 49.4 Å². The SMILES string of the molecule is CNC(=O)CN1C(=O)CSC1c1ccsc1. The van der Waals surface area contributed by atoms with Crippen molar-refractivity contribution in [3.63, 3.8) is 0 Å². The molecule has 1 aromatic rings. The van der Waals surface area contributed by atoms with E-state index in [0.29, 0.717) is 5.75 Å². The quantitative estimate of drug-likeness (QED) is 0.880. The number of thioether (sulfide) groups is 1. The Balaban J connectivity index is 2.13. The molecule has 1 saturated heterocycles. The fourth-order valence-corrected chi connectivity index (χ4v) is 3.49. The molecule has 0 aliphatic carbocycles. The van der Waals surface area contributed by atoms with Gasteiger partial charge < -0.3 is 10.2 Å². The van der Waals surface area contributed by atoms with Crippen molar-refractivity contribution in [2.24, 2.45) is 0 Å². The zero-order chi connectivity index (χ0) is 11.5. The molecular weight excluding hydrogens is 244 g/mol. The number of carbonyl (C=O) groups excluding carboxylic acids is 2. The number of rotatable bonds is 3. The third-order valence-corrected chi connectivity index (χ3v) is 4.35. The molecule has 16 heavy (non-hydrogen) atoms. The standard InChI is InChI=1S/C10H12N2O2S2/c1-11-8(13)4-12-9(14)6-16-10(12)7-2-3-15-5-7/h2-3,5,10H,4,6H2,1H3,(H,11,13). The summed E-state index contributed by atoms with van der Waals surface area (Å²) in [5.74, 6) is 0.359. The van der Waals surface area contributed by atoms with E-state index in [0.717, 1.165) is 5.56 Å². The summed E-state index contributed by atoms with van der Waals surface area (Å²) in [6.07, 6.45) is 0. The molecule has 1 atom stereocenters. The minimum atomic E-state index is -0.129. The Kier molecular flexibility index (Phi) is 3.50. The lowest BCUT2D eigenvalue weighted by Crippen LogP contribution is -2.37. The van der Waals surface area contributed by atoms with Crippen LogP contribution in [0.4, 0.5) is 0 Å². The number of nitrogens with one attached hydrogen (secondary N) is 1. The molecule has 0 radical (unpaired) electrons. The molecular formula is C10H12N2O2S2. The zero-order valence-electron chi connectivity index (χ0n) is 8.80. The van der Waals surface area contributed by atoms with Crippen molar-refractivity contribution in [2.75, 3.05) is 19.3 Å². The molecule has 4 nitrogen and oxygen atoms in total. The Morgan fingerprint density at radius 1 is 1.69 bits per heavy atom. The summed E-state index contributed by atoms with van der Waals surface area (Å²) in [4.78, 5) is 24.6. The van der Waals surface area contributed by atoms with Gasteiger partial charge in [-0.25, -0.2) is 0 Å². The molecule has 1 unspecified atom stereocenters. The first-order valence-corrected chi connectivity index (χ1v) is 6.85. The summed E-state index contributed by atoms with van der Waals surface area (Å²) < 4.78 is 0. The zero-order valence-corrected chi connectivity index (χ0v) is 10.4. The highest BCUT2D eigenvalue weighted by Gasteiger charge is 2.33. The Bertz CT molecular complexity index is 392. The number of nitrogens with zero attached hydrogens (tertiary/aromatic N) is 1. The summed E-state index contributed by atoms with van der Waals surface area (Å²) in [5, 5.41) is 6.54. The second kappa shape index (κ2) is 4.88. The van der Waals surface area contributed by atoms with Crippen LogP contribution >= 0.6 is 23.1 Å². The Hall–Kier alpha value is -1.01. The molecule has 1 aromatic heterocycles. The van der Waals surface area contributed by atoms with Crippen molar-refractivity contribution in [3.05, 3.63) is 22.4 Å². The Morgan fingerprint density at radius 2 is 2.50 bits per heavy atom. The van der Waals surface area contributed by atoms with E-state index in [-0.39, 0.29) is 23.7 Å². The summed E-state index contributed by atoms with van der Waals surface area (Å²) >= 11 is 3.17. The van der Waals surface area contributed by atoms with Crippen LogP contribution in [0.15, 0.2) is 16.8 Å². The highest BCUT2D eigenvalue weighted by atomic mass is 32.2. The largest absolute Gasteiger partial charge is 0.358 e. The lowest BCUT2D eigenvalue weighted by atomic mass is 10.3. The molecule has 2 amide bonds. The fraction of sp³-hybridized carbons (Fsp3) is 0.400. The summed E-state index contributed by atoms with van der Waals surface area (Å²) in [5.41, 5.74) is 1.10. The van der Waals surface area contributed by atoms with E-state index in [4.69, 9.17) is 0 Å². The van der Waals surface area contributed by atoms with E-state index >= 15 is 0 Å². The molecule has 0 aromatic carbocycles. The average Bonchev–Trinajstić information content (AvgIpc) is 2.89. The van der Waals surface area contributed by atoms with Gasteiger partial charge in [-0.1, -0.05) is 0 Å². The van der Waals surface area contributed by atoms with E-state index in [1.807, 2.05) is 16.8 Å². The summed E-state index contributed by atoms with van der Waals surface area (Å²) in [7, 11) is 1.58. The lowest BCUT2D eigenvalue weighted by molar-refractivity contribution is -0.133. The number of hydrogen-bond donors (Lipinski definition) is 1. The van der Waals surface area contributed by atoms with Crippen LogP contribution in [-0.4, -0.2) is 36.1 Å². The molecule has 2 rings (SSSR count). The minimum Gasteiger partial charge on any atom is -0.358 e. The lowest BCUT2D eigenvalue weighted by Gasteiger charge is -2.22. The maximum absolute atomic E-state index is 11.7. The van der Waals surface area contributed by atoms with Crippen molar-refractivity contribution in [2.45, 2.75) is 5.37 Å². The highest BCUT2D eigenvalue weighted by molar-refractivity contribution is 8.00. The molecule has 6 heteroatoms. The molecule has 1 aliphatic rings. The highest BCUT2D eigenvalue weighted by Crippen LogP contribution is 2.38. The van der Waals surface area contributed by atoms with Gasteiger partial charge in [-0.05, 0) is 22.4 Å². The van der Waals surface area contributed by atoms with Crippen LogP contribution in [0.25, 0.3) is 0 Å². The third-order valence-electron chi connectivity index (χ3n) is 2.39. The van der Waals surface area contributed by atoms with Gasteiger partial charge in [-0.15, -0.1) is 11.8 Å². The number of carbonyl (C=O) groups is 2. The van der Waals surface area contributed by atoms with E-state index in [2.05, 4.69) is 5.32 Å². The Labute approximate surface area is 102 Å². The number of amides is 2. The van der Waals surface area contributed by atoms with Gasteiger partial charge in [0.1, 0.15) is 11.9 Å². The predicted molar refractivity (Wildman–Crippen MR) is 65.3 cm³/mol. The molecule has 0 saturated carbocycles. The average molecular weight is 256 g/mol. The molecule has 0 spiro atoms. The first-order valence-electron chi connectivity index (χ1n) is 4.86. The van der Waals surface area contributed by atoms with Crippen molar-refractivity contribution in [1.82, 2.24) is 10.2 Å². The fourth-order valence-electron chi connectivity index (χ4n) is 1.55. The Morgan fingerprint density at radius 3 is 3.12 bits per heavy atom. The van der Waals surface area contributed by atoms with Gasteiger partial charge in [0, 0.05) is 7.05 Å². The van der Waals surface area contributed by atoms with Gasteiger partial charge in [0.15, 0.2) is 0 Å². The third kappa shape index (κ3) is 2.22. The van der Waals surface area contributed by atoms with Gasteiger partial charge in [0.05, 0.1) is 5.75 Å². The minimum absolute atomic E-state index is 0.00366. The first kappa shape index (κ1) is 11.5. The van der Waals surface area contributed by atoms with Crippen LogP contribution in [0.1, 0.15) is 10.9 Å². The van der Waals surface area contributed by atoms with Gasteiger partial charge in [-0.2, -0.15) is 11.3 Å². The van der Waals surface area contributed by atoms with Crippen molar-refractivity contribution >= 4 is 34.9 Å². The number of thiophene rings is 1. The van der Waals surface area contributed by atoms with Gasteiger partial charge >= 0.3 is 0 Å². The van der Waals surface area contributed by atoms with Gasteiger partial charge in [0.25, 0.3) is 0 Å². The van der Waals surface area contributed by atoms with Crippen LogP contribution < -0.4 is 5.32 Å². The monoisotopic (exact) mass is 256 g/mol. The van der Waals surface area contributed by atoms with Crippen LogP contribution in [0, 0.1) is 0 Å². The maximum Gasteiger partial charge on any atom is 0.239 e. The summed E-state index contributed by atoms with van der Waals surface area (Å²) in [6, 6.07) is 2.00. The predicted octanol–water partition coefficient (Wildman–Crippen LogP) is 1.07. The molecule has 86 valence electrons. The van der Waals surface area contributed by atoms with E-state index in [1.165, 1.54) is 0 Å². The van der Waals surface area contributed by atoms with Crippen LogP contribution in [0.5, 0.6) is 0 Å². The number of likely N-dealkylation sites (N-methyl/N-ethyl adjacent to an activating group) is 1. The van der Waals surface area contributed by atoms with Crippen molar-refractivity contribution < 1.29 is 9.59 Å². The second-order valence-corrected chi connectivity index (χ2v) is 5.26. The van der Waals surface area contributed by atoms with Crippen LogP contribution in [-0.2, 0) is 9.59 Å². The summed E-state index contributed by atoms with van der Waals surface area (Å²) in [6.45, 7) is 0.142. The maximum atomic E-state index is 11.7. The van der Waals surface area contributed by atoms with Gasteiger partial charge in [-0.3, -0.25) is 9.59 Å². The van der Waals surface area contributed by atoms with Crippen LogP contribution in [0.2, 0.25) is 0 Å². The van der Waals surface area contributed by atoms with E-state index in [1.54, 1.807) is 35.0 Å². The molecule has 0 bridgehead atoms. The van der Waals surface area contributed by atoms with E-state index < -0.39 is 0 Å². The first-order chi connectivity index (χ1) is 7.72.